The molecule has 0 unspecified atom stereocenters. The Morgan fingerprint density at radius 1 is 1.27 bits per heavy atom. The van der Waals surface area contributed by atoms with Gasteiger partial charge in [-0.05, 0) is 43.3 Å². The zero-order valence-electron chi connectivity index (χ0n) is 11.7. The number of thiazole rings is 1. The predicted molar refractivity (Wildman–Crippen MR) is 83.7 cm³/mol. The molecular formula is C16H11N3O2S. The average molecular weight is 309 g/mol. The average Bonchev–Trinajstić information content (AvgIpc) is 3.16. The van der Waals surface area contributed by atoms with E-state index in [-0.39, 0.29) is 5.91 Å². The van der Waals surface area contributed by atoms with E-state index in [9.17, 15) is 4.79 Å². The van der Waals surface area contributed by atoms with Crippen LogP contribution in [0, 0.1) is 18.3 Å². The molecule has 0 aliphatic heterocycles. The second-order valence-electron chi connectivity index (χ2n) is 4.59. The van der Waals surface area contributed by atoms with E-state index in [1.165, 1.54) is 11.3 Å². The van der Waals surface area contributed by atoms with Crippen LogP contribution in [-0.4, -0.2) is 10.9 Å². The molecule has 0 saturated heterocycles. The van der Waals surface area contributed by atoms with Crippen molar-refractivity contribution < 1.29 is 9.21 Å². The molecule has 0 radical (unpaired) electrons. The number of nitrogens with zero attached hydrogens (tertiary/aromatic N) is 2. The highest BCUT2D eigenvalue weighted by molar-refractivity contribution is 7.14. The van der Waals surface area contributed by atoms with E-state index in [0.717, 1.165) is 5.76 Å². The molecule has 1 amide bonds. The molecule has 108 valence electrons. The second kappa shape index (κ2) is 5.84. The summed E-state index contributed by atoms with van der Waals surface area (Å²) in [6.45, 7) is 1.86. The van der Waals surface area contributed by atoms with Crippen LogP contribution >= 0.6 is 11.3 Å². The predicted octanol–water partition coefficient (Wildman–Crippen LogP) is 3.84. The van der Waals surface area contributed by atoms with Gasteiger partial charge in [-0.15, -0.1) is 11.3 Å². The molecule has 3 aromatic rings. The van der Waals surface area contributed by atoms with Crippen LogP contribution in [0.3, 0.4) is 0 Å². The summed E-state index contributed by atoms with van der Waals surface area (Å²) in [6.07, 6.45) is 0. The van der Waals surface area contributed by atoms with E-state index in [4.69, 9.17) is 9.68 Å². The largest absolute Gasteiger partial charge is 0.460 e. The molecule has 0 aliphatic rings. The number of carbonyl (C=O) groups is 1. The maximum Gasteiger partial charge on any atom is 0.257 e. The third-order valence-corrected chi connectivity index (χ3v) is 3.75. The molecule has 0 atom stereocenters. The third-order valence-electron chi connectivity index (χ3n) is 2.99. The number of nitriles is 1. The number of benzene rings is 1. The van der Waals surface area contributed by atoms with Crippen LogP contribution in [0.25, 0.3) is 11.5 Å². The summed E-state index contributed by atoms with van der Waals surface area (Å²) in [6, 6.07) is 12.2. The second-order valence-corrected chi connectivity index (χ2v) is 5.45. The topological polar surface area (TPSA) is 78.9 Å². The van der Waals surface area contributed by atoms with Gasteiger partial charge in [-0.25, -0.2) is 4.98 Å². The Morgan fingerprint density at radius 2 is 2.05 bits per heavy atom. The number of hydrogen-bond acceptors (Lipinski definition) is 5. The number of rotatable bonds is 3. The van der Waals surface area contributed by atoms with Crippen LogP contribution in [-0.2, 0) is 0 Å². The zero-order valence-corrected chi connectivity index (χ0v) is 12.5. The Bertz CT molecular complexity index is 856. The van der Waals surface area contributed by atoms with E-state index >= 15 is 0 Å². The lowest BCUT2D eigenvalue weighted by atomic mass is 10.1. The van der Waals surface area contributed by atoms with Crippen LogP contribution in [0.5, 0.6) is 0 Å². The van der Waals surface area contributed by atoms with Crippen molar-refractivity contribution in [1.82, 2.24) is 4.98 Å². The first-order chi connectivity index (χ1) is 10.7. The van der Waals surface area contributed by atoms with Gasteiger partial charge in [0.1, 0.15) is 11.5 Å². The Kier molecular flexibility index (Phi) is 3.73. The van der Waals surface area contributed by atoms with Crippen LogP contribution in [0.2, 0.25) is 0 Å². The Morgan fingerprint density at radius 3 is 2.68 bits per heavy atom. The van der Waals surface area contributed by atoms with Gasteiger partial charge in [0.25, 0.3) is 5.91 Å². The van der Waals surface area contributed by atoms with Gasteiger partial charge in [0.2, 0.25) is 0 Å². The van der Waals surface area contributed by atoms with Crippen molar-refractivity contribution in [2.45, 2.75) is 6.92 Å². The molecule has 22 heavy (non-hydrogen) atoms. The van der Waals surface area contributed by atoms with Crippen molar-refractivity contribution >= 4 is 22.4 Å². The molecule has 0 fully saturated rings. The molecule has 5 nitrogen and oxygen atoms in total. The zero-order chi connectivity index (χ0) is 15.5. The normalized spacial score (nSPS) is 10.2. The molecule has 1 aromatic carbocycles. The number of aromatic nitrogens is 1. The third kappa shape index (κ3) is 2.90. The number of aryl methyl sites for hydroxylation is 1. The lowest BCUT2D eigenvalue weighted by Gasteiger charge is -2.01. The van der Waals surface area contributed by atoms with Gasteiger partial charge < -0.3 is 4.42 Å². The fourth-order valence-corrected chi connectivity index (χ4v) is 2.58. The molecule has 0 saturated carbocycles. The van der Waals surface area contributed by atoms with Gasteiger partial charge in [-0.2, -0.15) is 5.26 Å². The highest BCUT2D eigenvalue weighted by Gasteiger charge is 2.11. The molecule has 0 spiro atoms. The maximum atomic E-state index is 12.1. The standard InChI is InChI=1S/C16H11N3O2S/c1-10-2-7-14(21-10)13-9-22-16(18-13)19-15(20)12-5-3-11(8-17)4-6-12/h2-7,9H,1H3,(H,18,19,20). The molecular weight excluding hydrogens is 298 g/mol. The summed E-state index contributed by atoms with van der Waals surface area (Å²) < 4.78 is 5.50. The monoisotopic (exact) mass is 309 g/mol. The summed E-state index contributed by atoms with van der Waals surface area (Å²) in [5.41, 5.74) is 1.68. The first-order valence-corrected chi connectivity index (χ1v) is 7.37. The van der Waals surface area contributed by atoms with Crippen LogP contribution in [0.4, 0.5) is 5.13 Å². The van der Waals surface area contributed by atoms with Crippen molar-refractivity contribution in [2.75, 3.05) is 5.32 Å². The quantitative estimate of drug-likeness (QED) is 0.797. The van der Waals surface area contributed by atoms with Crippen molar-refractivity contribution in [3.63, 3.8) is 0 Å². The summed E-state index contributed by atoms with van der Waals surface area (Å²) in [4.78, 5) is 16.4. The highest BCUT2D eigenvalue weighted by Crippen LogP contribution is 2.26. The fraction of sp³-hybridized carbons (Fsp3) is 0.0625. The number of hydrogen-bond donors (Lipinski definition) is 1. The molecule has 1 N–H and O–H groups in total. The van der Waals surface area contributed by atoms with E-state index in [1.54, 1.807) is 24.3 Å². The smallest absolute Gasteiger partial charge is 0.257 e. The fourth-order valence-electron chi connectivity index (χ4n) is 1.88. The Balaban J connectivity index is 1.74. The highest BCUT2D eigenvalue weighted by atomic mass is 32.1. The van der Waals surface area contributed by atoms with Gasteiger partial charge in [-0.3, -0.25) is 10.1 Å². The SMILES string of the molecule is Cc1ccc(-c2csc(NC(=O)c3ccc(C#N)cc3)n2)o1. The molecule has 0 bridgehead atoms. The van der Waals surface area contributed by atoms with Gasteiger partial charge in [0, 0.05) is 10.9 Å². The number of nitrogens with one attached hydrogen (secondary N) is 1. The van der Waals surface area contributed by atoms with Gasteiger partial charge >= 0.3 is 0 Å². The first kappa shape index (κ1) is 14.0. The minimum absolute atomic E-state index is 0.263. The Labute approximate surface area is 130 Å². The lowest BCUT2D eigenvalue weighted by Crippen LogP contribution is -2.11. The maximum absolute atomic E-state index is 12.1. The molecule has 2 aromatic heterocycles. The minimum atomic E-state index is -0.263. The number of amides is 1. The minimum Gasteiger partial charge on any atom is -0.460 e. The van der Waals surface area contributed by atoms with Crippen molar-refractivity contribution in [2.24, 2.45) is 0 Å². The molecule has 6 heteroatoms. The van der Waals surface area contributed by atoms with Crippen molar-refractivity contribution in [3.8, 4) is 17.5 Å². The molecule has 0 aliphatic carbocycles. The van der Waals surface area contributed by atoms with Gasteiger partial charge in [0.05, 0.1) is 11.6 Å². The number of furan rings is 1. The van der Waals surface area contributed by atoms with E-state index in [1.807, 2.05) is 30.5 Å². The number of carbonyl (C=O) groups excluding carboxylic acids is 1. The molecule has 3 rings (SSSR count). The van der Waals surface area contributed by atoms with Crippen molar-refractivity contribution in [3.05, 3.63) is 58.7 Å². The molecule has 2 heterocycles. The summed E-state index contributed by atoms with van der Waals surface area (Å²) in [5.74, 6) is 1.22. The first-order valence-electron chi connectivity index (χ1n) is 6.49. The summed E-state index contributed by atoms with van der Waals surface area (Å²) in [5, 5.41) is 13.8. The van der Waals surface area contributed by atoms with Crippen LogP contribution in [0.1, 0.15) is 21.7 Å². The number of anilines is 1. The van der Waals surface area contributed by atoms with E-state index in [2.05, 4.69) is 10.3 Å². The summed E-state index contributed by atoms with van der Waals surface area (Å²) >= 11 is 1.33. The Hall–Kier alpha value is -2.91. The van der Waals surface area contributed by atoms with Gasteiger partial charge in [0.15, 0.2) is 10.9 Å². The lowest BCUT2D eigenvalue weighted by molar-refractivity contribution is 0.102. The van der Waals surface area contributed by atoms with Gasteiger partial charge in [-0.1, -0.05) is 0 Å². The van der Waals surface area contributed by atoms with E-state index < -0.39 is 0 Å². The van der Waals surface area contributed by atoms with Crippen molar-refractivity contribution in [1.29, 1.82) is 5.26 Å². The van der Waals surface area contributed by atoms with Crippen LogP contribution < -0.4 is 5.32 Å². The van der Waals surface area contributed by atoms with E-state index in [0.29, 0.717) is 27.7 Å². The summed E-state index contributed by atoms with van der Waals surface area (Å²) in [7, 11) is 0. The van der Waals surface area contributed by atoms with Crippen LogP contribution in [0.15, 0.2) is 46.2 Å².